The van der Waals surface area contributed by atoms with E-state index in [1.807, 2.05) is 42.7 Å². The highest BCUT2D eigenvalue weighted by Gasteiger charge is 2.41. The molecule has 18 nitrogen and oxygen atoms in total. The van der Waals surface area contributed by atoms with Gasteiger partial charge in [-0.2, -0.15) is 0 Å². The predicted molar refractivity (Wildman–Crippen MR) is 233 cm³/mol. The van der Waals surface area contributed by atoms with Crippen molar-refractivity contribution in [3.63, 3.8) is 0 Å². The fourth-order valence-electron chi connectivity index (χ4n) is 7.70. The topological polar surface area (TPSA) is 270 Å². The van der Waals surface area contributed by atoms with Crippen LogP contribution in [0.1, 0.15) is 96.7 Å². The summed E-state index contributed by atoms with van der Waals surface area (Å²) >= 11 is 0. The van der Waals surface area contributed by atoms with E-state index in [4.69, 9.17) is 10.5 Å². The van der Waals surface area contributed by atoms with Crippen molar-refractivity contribution >= 4 is 43.0 Å². The molecule has 0 bridgehead atoms. The molecule has 7 atom stereocenters. The molecule has 1 unspecified atom stereocenters. The van der Waals surface area contributed by atoms with Crippen molar-refractivity contribution in [2.45, 2.75) is 135 Å². The van der Waals surface area contributed by atoms with E-state index >= 15 is 0 Å². The van der Waals surface area contributed by atoms with Crippen LogP contribution in [0.4, 0.5) is 0 Å². The zero-order chi connectivity index (χ0) is 46.7. The third-order valence-electron chi connectivity index (χ3n) is 11.1. The van der Waals surface area contributed by atoms with E-state index in [1.54, 1.807) is 12.5 Å². The number of hydrogen-bond acceptors (Lipinski definition) is 11. The van der Waals surface area contributed by atoms with E-state index in [0.717, 1.165) is 45.4 Å². The van der Waals surface area contributed by atoms with Crippen molar-refractivity contribution in [3.8, 4) is 0 Å². The van der Waals surface area contributed by atoms with E-state index in [9.17, 15) is 48.2 Å². The van der Waals surface area contributed by atoms with Crippen LogP contribution in [0, 0.1) is 17.8 Å². The lowest BCUT2D eigenvalue weighted by molar-refractivity contribution is -0.138. The number of benzene rings is 1. The number of ether oxygens (including phenoxy) is 1. The second-order valence-electron chi connectivity index (χ2n) is 16.7. The second kappa shape index (κ2) is 26.3. The summed E-state index contributed by atoms with van der Waals surface area (Å²) in [6.07, 6.45) is 7.48. The molecule has 63 heavy (non-hydrogen) atoms. The summed E-state index contributed by atoms with van der Waals surface area (Å²) in [6.45, 7) is 10.4. The first-order valence-corrected chi connectivity index (χ1v) is 23.2. The van der Waals surface area contributed by atoms with Crippen molar-refractivity contribution < 1.29 is 57.5 Å². The lowest BCUT2D eigenvalue weighted by Gasteiger charge is -2.27. The van der Waals surface area contributed by atoms with Crippen LogP contribution in [0.25, 0.3) is 0 Å². The third-order valence-corrected chi connectivity index (χ3v) is 11.7. The lowest BCUT2D eigenvalue weighted by Crippen LogP contribution is -2.52. The fraction of sp³-hybridized carbons (Fsp3) is 0.614. The van der Waals surface area contributed by atoms with Gasteiger partial charge in [-0.25, -0.2) is 9.55 Å². The van der Waals surface area contributed by atoms with E-state index in [2.05, 4.69) is 38.9 Å². The van der Waals surface area contributed by atoms with E-state index in [-0.39, 0.29) is 43.7 Å². The second-order valence-corrected chi connectivity index (χ2v) is 17.9. The monoisotopic (exact) mass is 902 g/mol. The fourth-order valence-corrected chi connectivity index (χ4v) is 8.28. The number of likely N-dealkylation sites (tertiary alicyclic amines) is 1. The number of aromatic nitrogens is 2. The van der Waals surface area contributed by atoms with Gasteiger partial charge in [0.1, 0.15) is 12.1 Å². The summed E-state index contributed by atoms with van der Waals surface area (Å²) < 4.78 is 24.0. The molecule has 1 aromatic heterocycles. The molecule has 350 valence electrons. The Labute approximate surface area is 370 Å². The van der Waals surface area contributed by atoms with Crippen molar-refractivity contribution in [2.24, 2.45) is 23.5 Å². The van der Waals surface area contributed by atoms with E-state index < -0.39 is 92.6 Å². The van der Waals surface area contributed by atoms with Crippen LogP contribution in [0.2, 0.25) is 0 Å². The minimum atomic E-state index is -5.07. The first-order valence-electron chi connectivity index (χ1n) is 21.7. The molecule has 19 heteroatoms. The molecule has 1 fully saturated rings. The van der Waals surface area contributed by atoms with Crippen LogP contribution in [0.5, 0.6) is 0 Å². The molecule has 0 spiro atoms. The molecule has 3 rings (SSSR count). The van der Waals surface area contributed by atoms with Crippen LogP contribution in [0.15, 0.2) is 55.5 Å². The van der Waals surface area contributed by atoms with Gasteiger partial charge in [0.25, 0.3) is 0 Å². The summed E-state index contributed by atoms with van der Waals surface area (Å²) in [5.41, 5.74) is 7.27. The van der Waals surface area contributed by atoms with E-state index in [1.165, 1.54) is 17.4 Å². The van der Waals surface area contributed by atoms with E-state index in [0.29, 0.717) is 18.8 Å². The number of carbonyl (C=O) groups excluding carboxylic acids is 6. The number of aliphatic hydroxyl groups is 1. The quantitative estimate of drug-likeness (QED) is 0.0375. The Morgan fingerprint density at radius 1 is 1.00 bits per heavy atom. The molecule has 2 aromatic rings. The number of ketones is 2. The average Bonchev–Trinajstić information content (AvgIpc) is 3.86. The van der Waals surface area contributed by atoms with Crippen LogP contribution in [0.3, 0.4) is 0 Å². The van der Waals surface area contributed by atoms with Gasteiger partial charge in [0.15, 0.2) is 11.6 Å². The number of rotatable bonds is 30. The Balaban J connectivity index is 1.79. The van der Waals surface area contributed by atoms with Crippen LogP contribution >= 0.6 is 7.82 Å². The molecule has 0 aliphatic carbocycles. The van der Waals surface area contributed by atoms with Crippen molar-refractivity contribution in [3.05, 3.63) is 66.8 Å². The number of phosphoric ester groups is 1. The summed E-state index contributed by atoms with van der Waals surface area (Å²) in [6, 6.07) is 6.59. The summed E-state index contributed by atoms with van der Waals surface area (Å²) in [7, 11) is -5.07. The first-order chi connectivity index (χ1) is 29.8. The van der Waals surface area contributed by atoms with Crippen LogP contribution < -0.4 is 16.4 Å². The van der Waals surface area contributed by atoms with Gasteiger partial charge in [0.2, 0.25) is 23.6 Å². The molecular formula is C44H67N6O12P. The Bertz CT molecular complexity index is 1870. The standard InChI is InChI=1S/C44H67N6O12P/c1-6-7-8-13-18-49-28-46-25-34(49)21-33(43(56)48-38(27-51)41(54)24-36(42(45)55)30(4)62-63(58,59)60)22-40(53)37(20-29(2)3)47-44(57)39-23-35(26-50(39)31(5)52)61-19-14-12-17-32-15-10-9-11-16-32/h6,9-11,15-16,25,28-30,33,35-39,51H,1,7-8,12-14,17-24,26-27H2,2-5H3,(H2,45,55)(H,47,57)(H,48,56)(H2,58,59,60)/t30-,33-,35-,36?,37+,38+,39+/m1/s1. The number of nitrogens with zero attached hydrogens (tertiary/aromatic N) is 3. The number of allylic oxidation sites excluding steroid dienone is 1. The maximum absolute atomic E-state index is 14.3. The first kappa shape index (κ1) is 52.8. The number of Topliss-reactive ketones (excluding diaryl/α,β-unsaturated/α-hetero) is 2. The highest BCUT2D eigenvalue weighted by Crippen LogP contribution is 2.39. The van der Waals surface area contributed by atoms with Gasteiger partial charge in [0, 0.05) is 64.2 Å². The number of phosphoric acid groups is 1. The smallest absolute Gasteiger partial charge is 0.394 e. The third kappa shape index (κ3) is 18.2. The number of aryl methyl sites for hydroxylation is 2. The number of imidazole rings is 1. The molecule has 1 aromatic carbocycles. The van der Waals surface area contributed by atoms with Crippen LogP contribution in [-0.2, 0) is 62.0 Å². The Morgan fingerprint density at radius 3 is 2.32 bits per heavy atom. The number of hydrogen-bond donors (Lipinski definition) is 6. The minimum absolute atomic E-state index is 0.0180. The number of aliphatic hydroxyl groups excluding tert-OH is 1. The summed E-state index contributed by atoms with van der Waals surface area (Å²) in [5.74, 6) is -6.81. The maximum atomic E-state index is 14.3. The molecule has 0 saturated carbocycles. The minimum Gasteiger partial charge on any atom is -0.394 e. The van der Waals surface area contributed by atoms with Gasteiger partial charge in [-0.1, -0.05) is 50.3 Å². The average molecular weight is 903 g/mol. The lowest BCUT2D eigenvalue weighted by atomic mass is 9.89. The largest absolute Gasteiger partial charge is 0.469 e. The molecule has 4 amide bonds. The molecule has 1 saturated heterocycles. The van der Waals surface area contributed by atoms with Gasteiger partial charge >= 0.3 is 7.82 Å². The van der Waals surface area contributed by atoms with Crippen molar-refractivity contribution in [1.82, 2.24) is 25.1 Å². The Hall–Kier alpha value is -4.58. The highest BCUT2D eigenvalue weighted by atomic mass is 31.2. The van der Waals surface area contributed by atoms with Crippen molar-refractivity contribution in [2.75, 3.05) is 19.8 Å². The molecule has 0 radical (unpaired) electrons. The van der Waals surface area contributed by atoms with Gasteiger partial charge in [-0.3, -0.25) is 33.3 Å². The SMILES string of the molecule is C=CCCCCn1cncc1C[C@H](CC(=O)[C@H](CC(C)C)NC(=O)[C@@H]1C[C@@H](OCCCCc2ccccc2)CN1C(C)=O)C(=O)N[C@@H](CO)C(=O)CC(C(N)=O)[C@@H](C)OP(=O)(O)O. The molecule has 7 N–H and O–H groups in total. The number of carbonyl (C=O) groups is 6. The number of amides is 4. The maximum Gasteiger partial charge on any atom is 0.469 e. The summed E-state index contributed by atoms with van der Waals surface area (Å²) in [5, 5.41) is 15.6. The molecular weight excluding hydrogens is 835 g/mol. The van der Waals surface area contributed by atoms with Gasteiger partial charge < -0.3 is 45.5 Å². The predicted octanol–water partition coefficient (Wildman–Crippen LogP) is 2.95. The number of primary amides is 1. The number of nitrogens with one attached hydrogen (secondary N) is 2. The zero-order valence-corrected chi connectivity index (χ0v) is 37.8. The van der Waals surface area contributed by atoms with Crippen molar-refractivity contribution in [1.29, 1.82) is 0 Å². The summed E-state index contributed by atoms with van der Waals surface area (Å²) in [4.78, 5) is 105. The highest BCUT2D eigenvalue weighted by molar-refractivity contribution is 7.46. The Kier molecular flexibility index (Phi) is 22.0. The number of unbranched alkanes of at least 4 members (excludes halogenated alkanes) is 3. The van der Waals surface area contributed by atoms with Gasteiger partial charge in [-0.15, -0.1) is 6.58 Å². The van der Waals surface area contributed by atoms with Gasteiger partial charge in [-0.05, 0) is 63.4 Å². The van der Waals surface area contributed by atoms with Crippen LogP contribution in [-0.4, -0.2) is 115 Å². The number of nitrogens with two attached hydrogens (primary N) is 1. The zero-order valence-electron chi connectivity index (χ0n) is 36.9. The molecule has 2 heterocycles. The molecule has 1 aliphatic rings. The molecule has 1 aliphatic heterocycles. The van der Waals surface area contributed by atoms with Gasteiger partial charge in [0.05, 0.1) is 43.0 Å². The normalized spacial score (nSPS) is 17.7. The Morgan fingerprint density at radius 2 is 1.70 bits per heavy atom.